The van der Waals surface area contributed by atoms with Crippen LogP contribution in [0.2, 0.25) is 0 Å². The van der Waals surface area contributed by atoms with E-state index in [0.717, 1.165) is 18.7 Å². The van der Waals surface area contributed by atoms with Crippen molar-refractivity contribution in [2.75, 3.05) is 0 Å². The van der Waals surface area contributed by atoms with Crippen molar-refractivity contribution in [3.05, 3.63) is 39.1 Å². The molecule has 1 heterocycles. The second-order valence-electron chi connectivity index (χ2n) is 4.07. The van der Waals surface area contributed by atoms with E-state index >= 15 is 0 Å². The van der Waals surface area contributed by atoms with Crippen LogP contribution in [0.15, 0.2) is 22.7 Å². The molecule has 88 valence electrons. The summed E-state index contributed by atoms with van der Waals surface area (Å²) < 4.78 is 16.7. The molecular formula is C11H9BrFN3S. The van der Waals surface area contributed by atoms with Crippen molar-refractivity contribution in [2.24, 2.45) is 0 Å². The number of para-hydroxylation sites is 1. The topological polar surface area (TPSA) is 33.6 Å². The molecule has 1 aliphatic carbocycles. The maximum absolute atomic E-state index is 13.9. The SMILES string of the molecule is Fc1cccc(Br)c1-n1c(C2CC2)n[nH]c1=S. The molecule has 3 nitrogen and oxygen atoms in total. The lowest BCUT2D eigenvalue weighted by Gasteiger charge is -2.09. The van der Waals surface area contributed by atoms with Crippen LogP contribution in [0, 0.1) is 10.6 Å². The first-order chi connectivity index (χ1) is 8.18. The first kappa shape index (κ1) is 11.1. The minimum absolute atomic E-state index is 0.307. The summed E-state index contributed by atoms with van der Waals surface area (Å²) in [6, 6.07) is 4.87. The molecule has 2 aromatic rings. The smallest absolute Gasteiger partial charge is 0.200 e. The Labute approximate surface area is 111 Å². The largest absolute Gasteiger partial charge is 0.268 e. The molecule has 0 bridgehead atoms. The van der Waals surface area contributed by atoms with Crippen LogP contribution in [-0.2, 0) is 0 Å². The zero-order valence-electron chi connectivity index (χ0n) is 8.78. The van der Waals surface area contributed by atoms with Crippen LogP contribution >= 0.6 is 28.1 Å². The van der Waals surface area contributed by atoms with Gasteiger partial charge in [-0.3, -0.25) is 9.67 Å². The second kappa shape index (κ2) is 4.03. The van der Waals surface area contributed by atoms with E-state index in [1.165, 1.54) is 6.07 Å². The Morgan fingerprint density at radius 1 is 1.47 bits per heavy atom. The fourth-order valence-corrected chi connectivity index (χ4v) is 2.59. The molecule has 0 spiro atoms. The van der Waals surface area contributed by atoms with Crippen LogP contribution in [0.4, 0.5) is 4.39 Å². The molecule has 1 aromatic heterocycles. The van der Waals surface area contributed by atoms with Crippen molar-refractivity contribution < 1.29 is 4.39 Å². The van der Waals surface area contributed by atoms with Crippen LogP contribution in [0.1, 0.15) is 24.6 Å². The minimum Gasteiger partial charge on any atom is -0.268 e. The zero-order chi connectivity index (χ0) is 12.0. The molecule has 0 atom stereocenters. The highest BCUT2D eigenvalue weighted by molar-refractivity contribution is 9.10. The maximum atomic E-state index is 13.9. The molecule has 0 saturated heterocycles. The number of rotatable bonds is 2. The van der Waals surface area contributed by atoms with E-state index in [4.69, 9.17) is 12.2 Å². The highest BCUT2D eigenvalue weighted by Crippen LogP contribution is 2.40. The number of aromatic nitrogens is 3. The van der Waals surface area contributed by atoms with E-state index in [1.807, 2.05) is 0 Å². The Morgan fingerprint density at radius 3 is 2.88 bits per heavy atom. The van der Waals surface area contributed by atoms with Crippen molar-refractivity contribution >= 4 is 28.1 Å². The summed E-state index contributed by atoms with van der Waals surface area (Å²) in [7, 11) is 0. The monoisotopic (exact) mass is 313 g/mol. The molecule has 0 amide bonds. The summed E-state index contributed by atoms with van der Waals surface area (Å²) in [5.41, 5.74) is 0.438. The molecule has 17 heavy (non-hydrogen) atoms. The Morgan fingerprint density at radius 2 is 2.24 bits per heavy atom. The predicted molar refractivity (Wildman–Crippen MR) is 68.4 cm³/mol. The van der Waals surface area contributed by atoms with E-state index < -0.39 is 0 Å². The fraction of sp³-hybridized carbons (Fsp3) is 0.273. The van der Waals surface area contributed by atoms with E-state index in [9.17, 15) is 4.39 Å². The van der Waals surface area contributed by atoms with Crippen molar-refractivity contribution in [1.82, 2.24) is 14.8 Å². The van der Waals surface area contributed by atoms with E-state index in [0.29, 0.717) is 20.8 Å². The summed E-state index contributed by atoms with van der Waals surface area (Å²) >= 11 is 8.54. The van der Waals surface area contributed by atoms with Gasteiger partial charge < -0.3 is 0 Å². The van der Waals surface area contributed by atoms with Gasteiger partial charge >= 0.3 is 0 Å². The molecule has 1 aromatic carbocycles. The number of benzene rings is 1. The third-order valence-electron chi connectivity index (χ3n) is 2.80. The first-order valence-electron chi connectivity index (χ1n) is 5.30. The standard InChI is InChI=1S/C11H9BrFN3S/c12-7-2-1-3-8(13)9(7)16-10(6-4-5-6)14-15-11(16)17/h1-3,6H,4-5H2,(H,15,17). The summed E-state index contributed by atoms with van der Waals surface area (Å²) in [5.74, 6) is 0.911. The van der Waals surface area contributed by atoms with Gasteiger partial charge in [0.1, 0.15) is 11.6 Å². The predicted octanol–water partition coefficient (Wildman–Crippen LogP) is 3.71. The number of halogens is 2. The third kappa shape index (κ3) is 1.85. The van der Waals surface area contributed by atoms with Crippen LogP contribution in [0.5, 0.6) is 0 Å². The van der Waals surface area contributed by atoms with Gasteiger partial charge in [-0.05, 0) is 53.1 Å². The number of H-pyrrole nitrogens is 1. The fourth-order valence-electron chi connectivity index (χ4n) is 1.84. The highest BCUT2D eigenvalue weighted by Gasteiger charge is 2.30. The van der Waals surface area contributed by atoms with Gasteiger partial charge in [0.15, 0.2) is 4.77 Å². The van der Waals surface area contributed by atoms with Gasteiger partial charge in [-0.15, -0.1) is 0 Å². The quantitative estimate of drug-likeness (QED) is 0.857. The molecule has 1 N–H and O–H groups in total. The van der Waals surface area contributed by atoms with Gasteiger partial charge in [0, 0.05) is 10.4 Å². The Hall–Kier alpha value is -1.01. The Kier molecular flexibility index (Phi) is 2.63. The molecule has 6 heteroatoms. The normalized spacial score (nSPS) is 15.2. The minimum atomic E-state index is -0.307. The number of nitrogens with one attached hydrogen (secondary N) is 1. The van der Waals surface area contributed by atoms with Gasteiger partial charge in [0.05, 0.1) is 5.69 Å². The van der Waals surface area contributed by atoms with Gasteiger partial charge in [-0.2, -0.15) is 5.10 Å². The molecular weight excluding hydrogens is 305 g/mol. The molecule has 1 aliphatic rings. The lowest BCUT2D eigenvalue weighted by atomic mass is 10.3. The average molecular weight is 314 g/mol. The average Bonchev–Trinajstić information content (AvgIpc) is 3.05. The molecule has 1 saturated carbocycles. The number of hydrogen-bond donors (Lipinski definition) is 1. The summed E-state index contributed by atoms with van der Waals surface area (Å²) in [6.07, 6.45) is 2.18. The zero-order valence-corrected chi connectivity index (χ0v) is 11.2. The molecule has 0 unspecified atom stereocenters. The lowest BCUT2D eigenvalue weighted by Crippen LogP contribution is -2.03. The molecule has 3 rings (SSSR count). The van der Waals surface area contributed by atoms with Crippen LogP contribution < -0.4 is 0 Å². The van der Waals surface area contributed by atoms with Gasteiger partial charge in [0.25, 0.3) is 0 Å². The Bertz CT molecular complexity index is 610. The molecule has 1 fully saturated rings. The van der Waals surface area contributed by atoms with Gasteiger partial charge in [0.2, 0.25) is 0 Å². The van der Waals surface area contributed by atoms with E-state index in [2.05, 4.69) is 26.1 Å². The van der Waals surface area contributed by atoms with E-state index in [1.54, 1.807) is 16.7 Å². The van der Waals surface area contributed by atoms with Crippen molar-refractivity contribution in [2.45, 2.75) is 18.8 Å². The molecule has 0 aliphatic heterocycles. The van der Waals surface area contributed by atoms with Gasteiger partial charge in [-0.1, -0.05) is 6.07 Å². The lowest BCUT2D eigenvalue weighted by molar-refractivity contribution is 0.613. The summed E-state index contributed by atoms with van der Waals surface area (Å²) in [5, 5.41) is 6.93. The Balaban J connectivity index is 2.27. The second-order valence-corrected chi connectivity index (χ2v) is 5.31. The highest BCUT2D eigenvalue weighted by atomic mass is 79.9. The van der Waals surface area contributed by atoms with Crippen LogP contribution in [0.3, 0.4) is 0 Å². The summed E-state index contributed by atoms with van der Waals surface area (Å²) in [6.45, 7) is 0. The number of aromatic amines is 1. The molecule has 0 radical (unpaired) electrons. The van der Waals surface area contributed by atoms with Crippen LogP contribution in [0.25, 0.3) is 5.69 Å². The van der Waals surface area contributed by atoms with Crippen LogP contribution in [-0.4, -0.2) is 14.8 Å². The maximum Gasteiger partial charge on any atom is 0.200 e. The number of hydrogen-bond acceptors (Lipinski definition) is 2. The van der Waals surface area contributed by atoms with Crippen molar-refractivity contribution in [1.29, 1.82) is 0 Å². The van der Waals surface area contributed by atoms with Crippen molar-refractivity contribution in [3.63, 3.8) is 0 Å². The van der Waals surface area contributed by atoms with Gasteiger partial charge in [-0.25, -0.2) is 4.39 Å². The first-order valence-corrected chi connectivity index (χ1v) is 6.50. The third-order valence-corrected chi connectivity index (χ3v) is 3.72. The van der Waals surface area contributed by atoms with Crippen molar-refractivity contribution in [3.8, 4) is 5.69 Å². The summed E-state index contributed by atoms with van der Waals surface area (Å²) in [4.78, 5) is 0. The van der Waals surface area contributed by atoms with E-state index in [-0.39, 0.29) is 5.82 Å². The number of nitrogens with zero attached hydrogens (tertiary/aromatic N) is 2.